The van der Waals surface area contributed by atoms with Crippen LogP contribution in [0.3, 0.4) is 0 Å². The van der Waals surface area contributed by atoms with Gasteiger partial charge >= 0.3 is 11.9 Å². The van der Waals surface area contributed by atoms with E-state index in [4.69, 9.17) is 15.7 Å². The molecule has 2 amide bonds. The van der Waals surface area contributed by atoms with E-state index in [0.29, 0.717) is 12.0 Å². The van der Waals surface area contributed by atoms with Gasteiger partial charge in [0.1, 0.15) is 36.0 Å². The van der Waals surface area contributed by atoms with Crippen LogP contribution in [0.2, 0.25) is 0 Å². The molecule has 4 heterocycles. The number of rotatable bonds is 12. The van der Waals surface area contributed by atoms with Crippen LogP contribution < -0.4 is 11.1 Å². The number of thiazole rings is 1. The van der Waals surface area contributed by atoms with Crippen LogP contribution in [0, 0.1) is 0 Å². The number of β-lactam (4-membered cyclic amide) rings is 1. The zero-order chi connectivity index (χ0) is 27.4. The topological polar surface area (TPSA) is 228 Å². The van der Waals surface area contributed by atoms with Gasteiger partial charge < -0.3 is 26.1 Å². The number of fused-ring (bicyclic) bond motifs is 1. The first kappa shape index (κ1) is 27.3. The molecule has 1 saturated heterocycles. The van der Waals surface area contributed by atoms with Crippen LogP contribution in [0.15, 0.2) is 27.0 Å². The van der Waals surface area contributed by atoms with Crippen molar-refractivity contribution in [1.82, 2.24) is 35.4 Å². The van der Waals surface area contributed by atoms with Gasteiger partial charge in [0.25, 0.3) is 11.8 Å². The van der Waals surface area contributed by atoms with Gasteiger partial charge in [0.2, 0.25) is 5.16 Å². The molecule has 0 saturated carbocycles. The van der Waals surface area contributed by atoms with Crippen LogP contribution in [-0.2, 0) is 30.6 Å². The first-order valence-corrected chi connectivity index (χ1v) is 13.9. The third kappa shape index (κ3) is 5.73. The first-order chi connectivity index (χ1) is 18.2. The molecule has 16 nitrogen and oxygen atoms in total. The number of carboxylic acid groups (broad SMARTS) is 2. The van der Waals surface area contributed by atoms with E-state index in [1.807, 2.05) is 6.92 Å². The van der Waals surface area contributed by atoms with E-state index in [-0.39, 0.29) is 45.5 Å². The van der Waals surface area contributed by atoms with Crippen molar-refractivity contribution in [3.8, 4) is 0 Å². The number of oxime groups is 1. The summed E-state index contributed by atoms with van der Waals surface area (Å²) in [5, 5.41) is 37.4. The first-order valence-electron chi connectivity index (χ1n) is 10.9. The molecule has 4 rings (SSSR count). The molecule has 0 aliphatic carbocycles. The van der Waals surface area contributed by atoms with Crippen LogP contribution in [0.25, 0.3) is 0 Å². The molecule has 2 aliphatic heterocycles. The maximum Gasteiger partial charge on any atom is 0.352 e. The molecule has 19 heteroatoms. The number of anilines is 1. The lowest BCUT2D eigenvalue weighted by molar-refractivity contribution is -0.150. The van der Waals surface area contributed by atoms with E-state index in [1.54, 1.807) is 0 Å². The molecule has 2 aromatic heterocycles. The number of amides is 2. The molecule has 0 radical (unpaired) electrons. The Bertz CT molecular complexity index is 1320. The van der Waals surface area contributed by atoms with Gasteiger partial charge in [-0.05, 0) is 22.4 Å². The highest BCUT2D eigenvalue weighted by Gasteiger charge is 2.54. The molecule has 1 unspecified atom stereocenters. The molecule has 2 aliphatic rings. The smallest absolute Gasteiger partial charge is 0.352 e. The number of aromatic nitrogens is 5. The van der Waals surface area contributed by atoms with Crippen molar-refractivity contribution < 1.29 is 34.2 Å². The van der Waals surface area contributed by atoms with Gasteiger partial charge in [-0.2, -0.15) is 0 Å². The van der Waals surface area contributed by atoms with Crippen molar-refractivity contribution >= 4 is 69.5 Å². The number of carboxylic acids is 2. The number of nitrogens with two attached hydrogens (primary N) is 1. The largest absolute Gasteiger partial charge is 0.480 e. The average Bonchev–Trinajstić information content (AvgIpc) is 3.50. The minimum absolute atomic E-state index is 0.110. The molecule has 5 N–H and O–H groups in total. The van der Waals surface area contributed by atoms with Crippen LogP contribution in [0.4, 0.5) is 5.13 Å². The third-order valence-corrected chi connectivity index (χ3v) is 8.18. The number of tetrazole rings is 1. The Hall–Kier alpha value is -3.71. The summed E-state index contributed by atoms with van der Waals surface area (Å²) in [4.78, 5) is 59.5. The van der Waals surface area contributed by atoms with E-state index < -0.39 is 41.7 Å². The summed E-state index contributed by atoms with van der Waals surface area (Å²) in [6.07, 6.45) is 0.659. The van der Waals surface area contributed by atoms with Gasteiger partial charge in [0.15, 0.2) is 10.8 Å². The Labute approximate surface area is 226 Å². The molecule has 202 valence electrons. The van der Waals surface area contributed by atoms with E-state index >= 15 is 0 Å². The van der Waals surface area contributed by atoms with Crippen LogP contribution in [0.5, 0.6) is 0 Å². The lowest BCUT2D eigenvalue weighted by Crippen LogP contribution is -2.71. The van der Waals surface area contributed by atoms with Crippen molar-refractivity contribution in [2.45, 2.75) is 36.5 Å². The Balaban J connectivity index is 1.48. The van der Waals surface area contributed by atoms with Gasteiger partial charge in [0.05, 0.1) is 0 Å². The summed E-state index contributed by atoms with van der Waals surface area (Å²) >= 11 is 3.44. The second kappa shape index (κ2) is 11.8. The summed E-state index contributed by atoms with van der Waals surface area (Å²) in [7, 11) is 0. The van der Waals surface area contributed by atoms with Gasteiger partial charge in [-0.15, -0.1) is 28.2 Å². The zero-order valence-corrected chi connectivity index (χ0v) is 22.1. The molecule has 0 bridgehead atoms. The number of carbonyl (C=O) groups excluding carboxylic acids is 2. The summed E-state index contributed by atoms with van der Waals surface area (Å²) in [5.74, 6) is -3.39. The molecule has 38 heavy (non-hydrogen) atoms. The SMILES string of the molecule is CCCON=C(C(=O)NC1C(=O)N2C(C(=O)O)=C(CSc3nnnn3CC(=O)O)CS[C@@H]12)c1csc(N)n1. The van der Waals surface area contributed by atoms with Crippen molar-refractivity contribution in [2.75, 3.05) is 23.8 Å². The highest BCUT2D eigenvalue weighted by molar-refractivity contribution is 8.01. The molecule has 0 aromatic carbocycles. The number of hydrogen-bond acceptors (Lipinski definition) is 14. The predicted octanol–water partition coefficient (Wildman–Crippen LogP) is -0.542. The minimum Gasteiger partial charge on any atom is -0.480 e. The lowest BCUT2D eigenvalue weighted by Gasteiger charge is -2.49. The number of nitrogens with zero attached hydrogens (tertiary/aromatic N) is 7. The van der Waals surface area contributed by atoms with Gasteiger partial charge in [-0.3, -0.25) is 19.3 Å². The normalized spacial score (nSPS) is 19.1. The number of hydrogen-bond donors (Lipinski definition) is 4. The predicted molar refractivity (Wildman–Crippen MR) is 135 cm³/mol. The van der Waals surface area contributed by atoms with E-state index in [1.165, 1.54) is 17.1 Å². The monoisotopic (exact) mass is 583 g/mol. The third-order valence-electron chi connectivity index (χ3n) is 5.13. The summed E-state index contributed by atoms with van der Waals surface area (Å²) < 4.78 is 1.08. The molecule has 2 atom stereocenters. The summed E-state index contributed by atoms with van der Waals surface area (Å²) in [5.41, 5.74) is 5.96. The summed E-state index contributed by atoms with van der Waals surface area (Å²) in [6.45, 7) is 1.68. The minimum atomic E-state index is -1.30. The van der Waals surface area contributed by atoms with Crippen molar-refractivity contribution in [3.05, 3.63) is 22.3 Å². The second-order valence-electron chi connectivity index (χ2n) is 7.76. The Morgan fingerprint density at radius 2 is 2.16 bits per heavy atom. The van der Waals surface area contributed by atoms with Crippen molar-refractivity contribution in [1.29, 1.82) is 0 Å². The van der Waals surface area contributed by atoms with E-state index in [9.17, 15) is 24.3 Å². The lowest BCUT2D eigenvalue weighted by atomic mass is 10.0. The van der Waals surface area contributed by atoms with Gasteiger partial charge in [-0.25, -0.2) is 14.5 Å². The Morgan fingerprint density at radius 1 is 1.37 bits per heavy atom. The molecular weight excluding hydrogens is 562 g/mol. The fourth-order valence-electron chi connectivity index (χ4n) is 3.49. The molecule has 2 aromatic rings. The number of thioether (sulfide) groups is 2. The Morgan fingerprint density at radius 3 is 2.82 bits per heavy atom. The highest BCUT2D eigenvalue weighted by Crippen LogP contribution is 2.41. The zero-order valence-electron chi connectivity index (χ0n) is 19.6. The van der Waals surface area contributed by atoms with Crippen LogP contribution in [-0.4, -0.2) is 99.3 Å². The van der Waals surface area contributed by atoms with Gasteiger partial charge in [0, 0.05) is 16.9 Å². The summed E-state index contributed by atoms with van der Waals surface area (Å²) in [6, 6.07) is -0.994. The number of nitrogen functional groups attached to an aromatic ring is 1. The van der Waals surface area contributed by atoms with E-state index in [0.717, 1.165) is 32.7 Å². The van der Waals surface area contributed by atoms with Crippen molar-refractivity contribution in [3.63, 3.8) is 0 Å². The molecule has 1 fully saturated rings. The maximum atomic E-state index is 13.0. The maximum absolute atomic E-state index is 13.0. The molecule has 0 spiro atoms. The van der Waals surface area contributed by atoms with Gasteiger partial charge in [-0.1, -0.05) is 23.8 Å². The van der Waals surface area contributed by atoms with Crippen LogP contribution >= 0.6 is 34.9 Å². The number of nitrogens with one attached hydrogen (secondary N) is 1. The fraction of sp³-hybridized carbons (Fsp3) is 0.421. The highest BCUT2D eigenvalue weighted by atomic mass is 32.2. The fourth-order valence-corrected chi connectivity index (χ4v) is 6.39. The number of carbonyl (C=O) groups is 4. The average molecular weight is 584 g/mol. The van der Waals surface area contributed by atoms with Crippen molar-refractivity contribution in [2.24, 2.45) is 5.16 Å². The van der Waals surface area contributed by atoms with E-state index in [2.05, 4.69) is 31.0 Å². The number of aliphatic carboxylic acids is 2. The quantitative estimate of drug-likeness (QED) is 0.0809. The van der Waals surface area contributed by atoms with Crippen LogP contribution in [0.1, 0.15) is 19.0 Å². The standard InChI is InChI=1S/C19H21N9O7S3/c1-2-3-35-24-11(9-7-37-18(20)21-9)14(31)22-12-15(32)28-13(17(33)34)8(5-36-16(12)28)6-38-19-23-25-26-27(19)4-10(29)30/h7,12,16H,2-6H2,1H3,(H2,20,21)(H,22,31)(H,29,30)(H,33,34)/t12?,16-/m0/s1. The Kier molecular flexibility index (Phi) is 8.47. The second-order valence-corrected chi connectivity index (χ2v) is 10.7. The molecular formula is C19H21N9O7S3.